The largest absolute Gasteiger partial charge is 0.480 e. The van der Waals surface area contributed by atoms with Gasteiger partial charge in [-0.15, -0.1) is 0 Å². The number of hydrogen-bond acceptors (Lipinski definition) is 3. The molecule has 0 saturated carbocycles. The summed E-state index contributed by atoms with van der Waals surface area (Å²) in [6.07, 6.45) is 0.465. The maximum atomic E-state index is 10.7. The summed E-state index contributed by atoms with van der Waals surface area (Å²) in [6.45, 7) is 3.41. The van der Waals surface area contributed by atoms with Crippen molar-refractivity contribution in [1.82, 2.24) is 0 Å². The standard InChI is InChI=1S/C12H17NO3/c1-12(2,16)7-8-4-3-5-9(6-8)10(13)11(14)15/h3-6,10,16H,7,13H2,1-2H3,(H,14,15). The van der Waals surface area contributed by atoms with Crippen LogP contribution >= 0.6 is 0 Å². The predicted molar refractivity (Wildman–Crippen MR) is 61.0 cm³/mol. The third-order valence-electron chi connectivity index (χ3n) is 2.21. The topological polar surface area (TPSA) is 83.5 Å². The van der Waals surface area contributed by atoms with Gasteiger partial charge in [-0.05, 0) is 25.0 Å². The molecule has 0 aliphatic rings. The number of carbonyl (C=O) groups is 1. The number of benzene rings is 1. The number of hydrogen-bond donors (Lipinski definition) is 3. The summed E-state index contributed by atoms with van der Waals surface area (Å²) >= 11 is 0. The van der Waals surface area contributed by atoms with Gasteiger partial charge in [0.1, 0.15) is 6.04 Å². The molecule has 0 aliphatic carbocycles. The molecular formula is C12H17NO3. The lowest BCUT2D eigenvalue weighted by molar-refractivity contribution is -0.138. The molecule has 0 amide bonds. The van der Waals surface area contributed by atoms with Crippen molar-refractivity contribution >= 4 is 5.97 Å². The predicted octanol–water partition coefficient (Wildman–Crippen LogP) is 1.08. The van der Waals surface area contributed by atoms with Crippen LogP contribution in [0, 0.1) is 0 Å². The molecule has 1 aromatic carbocycles. The molecule has 0 radical (unpaired) electrons. The minimum Gasteiger partial charge on any atom is -0.480 e. The molecule has 0 fully saturated rings. The van der Waals surface area contributed by atoms with E-state index in [0.717, 1.165) is 5.56 Å². The number of aliphatic carboxylic acids is 1. The Morgan fingerprint density at radius 1 is 1.50 bits per heavy atom. The zero-order chi connectivity index (χ0) is 12.3. The van der Waals surface area contributed by atoms with Crippen LogP contribution < -0.4 is 5.73 Å². The van der Waals surface area contributed by atoms with Crippen molar-refractivity contribution in [3.63, 3.8) is 0 Å². The molecule has 1 aromatic rings. The fourth-order valence-corrected chi connectivity index (χ4v) is 1.54. The minimum atomic E-state index is -1.06. The highest BCUT2D eigenvalue weighted by atomic mass is 16.4. The summed E-state index contributed by atoms with van der Waals surface area (Å²) in [5.74, 6) is -1.06. The van der Waals surface area contributed by atoms with E-state index in [1.165, 1.54) is 0 Å². The Bertz CT molecular complexity index is 382. The highest BCUT2D eigenvalue weighted by Gasteiger charge is 2.17. The molecule has 0 spiro atoms. The summed E-state index contributed by atoms with van der Waals surface area (Å²) in [5.41, 5.74) is 6.12. The van der Waals surface area contributed by atoms with E-state index in [1.807, 2.05) is 6.07 Å². The fraction of sp³-hybridized carbons (Fsp3) is 0.417. The van der Waals surface area contributed by atoms with Crippen molar-refractivity contribution in [2.75, 3.05) is 0 Å². The molecule has 0 saturated heterocycles. The normalized spacial score (nSPS) is 13.5. The summed E-state index contributed by atoms with van der Waals surface area (Å²) < 4.78 is 0. The van der Waals surface area contributed by atoms with Crippen LogP contribution in [0.2, 0.25) is 0 Å². The van der Waals surface area contributed by atoms with Crippen molar-refractivity contribution in [3.8, 4) is 0 Å². The zero-order valence-corrected chi connectivity index (χ0v) is 9.47. The first-order valence-corrected chi connectivity index (χ1v) is 5.09. The smallest absolute Gasteiger partial charge is 0.325 e. The van der Waals surface area contributed by atoms with E-state index in [4.69, 9.17) is 10.8 Å². The van der Waals surface area contributed by atoms with E-state index in [0.29, 0.717) is 12.0 Å². The van der Waals surface area contributed by atoms with E-state index in [9.17, 15) is 9.90 Å². The van der Waals surface area contributed by atoms with Crippen molar-refractivity contribution < 1.29 is 15.0 Å². The number of nitrogens with two attached hydrogens (primary N) is 1. The summed E-state index contributed by atoms with van der Waals surface area (Å²) in [6, 6.07) is 5.97. The Hall–Kier alpha value is -1.39. The fourth-order valence-electron chi connectivity index (χ4n) is 1.54. The highest BCUT2D eigenvalue weighted by molar-refractivity contribution is 5.75. The molecule has 0 aromatic heterocycles. The zero-order valence-electron chi connectivity index (χ0n) is 9.47. The summed E-state index contributed by atoms with van der Waals surface area (Å²) in [7, 11) is 0. The van der Waals surface area contributed by atoms with Gasteiger partial charge in [0.05, 0.1) is 5.60 Å². The Morgan fingerprint density at radius 3 is 2.62 bits per heavy atom. The van der Waals surface area contributed by atoms with E-state index in [1.54, 1.807) is 32.0 Å². The molecule has 1 rings (SSSR count). The van der Waals surface area contributed by atoms with Crippen molar-refractivity contribution in [3.05, 3.63) is 35.4 Å². The first-order chi connectivity index (χ1) is 7.29. The molecule has 16 heavy (non-hydrogen) atoms. The second-order valence-electron chi connectivity index (χ2n) is 4.55. The van der Waals surface area contributed by atoms with Crippen molar-refractivity contribution in [2.24, 2.45) is 5.73 Å². The summed E-state index contributed by atoms with van der Waals surface area (Å²) in [4.78, 5) is 10.7. The lowest BCUT2D eigenvalue weighted by Crippen LogP contribution is -2.23. The van der Waals surface area contributed by atoms with Crippen molar-refractivity contribution in [2.45, 2.75) is 31.9 Å². The molecule has 88 valence electrons. The van der Waals surface area contributed by atoms with Gasteiger partial charge in [0.15, 0.2) is 0 Å². The van der Waals surface area contributed by atoms with E-state index < -0.39 is 17.6 Å². The van der Waals surface area contributed by atoms with Gasteiger partial charge in [-0.1, -0.05) is 24.3 Å². The maximum absolute atomic E-state index is 10.7. The van der Waals surface area contributed by atoms with Crippen LogP contribution in [0.5, 0.6) is 0 Å². The third kappa shape index (κ3) is 3.64. The van der Waals surface area contributed by atoms with Crippen LogP contribution in [0.25, 0.3) is 0 Å². The van der Waals surface area contributed by atoms with Gasteiger partial charge >= 0.3 is 5.97 Å². The Morgan fingerprint density at radius 2 is 2.12 bits per heavy atom. The molecule has 1 unspecified atom stereocenters. The average Bonchev–Trinajstić information content (AvgIpc) is 2.14. The van der Waals surface area contributed by atoms with Crippen LogP contribution in [0.4, 0.5) is 0 Å². The lowest BCUT2D eigenvalue weighted by atomic mass is 9.96. The van der Waals surface area contributed by atoms with Crippen LogP contribution in [-0.4, -0.2) is 21.8 Å². The van der Waals surface area contributed by atoms with Crippen LogP contribution in [-0.2, 0) is 11.2 Å². The van der Waals surface area contributed by atoms with E-state index in [-0.39, 0.29) is 0 Å². The van der Waals surface area contributed by atoms with Gasteiger partial charge in [0, 0.05) is 6.42 Å². The molecule has 1 atom stereocenters. The first-order valence-electron chi connectivity index (χ1n) is 5.09. The quantitative estimate of drug-likeness (QED) is 0.713. The van der Waals surface area contributed by atoms with Gasteiger partial charge < -0.3 is 15.9 Å². The van der Waals surface area contributed by atoms with Crippen LogP contribution in [0.1, 0.15) is 31.0 Å². The maximum Gasteiger partial charge on any atom is 0.325 e. The second-order valence-corrected chi connectivity index (χ2v) is 4.55. The Kier molecular flexibility index (Phi) is 3.67. The van der Waals surface area contributed by atoms with E-state index >= 15 is 0 Å². The van der Waals surface area contributed by atoms with E-state index in [2.05, 4.69) is 0 Å². The number of rotatable bonds is 4. The van der Waals surface area contributed by atoms with Gasteiger partial charge in [0.25, 0.3) is 0 Å². The second kappa shape index (κ2) is 4.63. The molecule has 4 heteroatoms. The lowest BCUT2D eigenvalue weighted by Gasteiger charge is -2.18. The van der Waals surface area contributed by atoms with Gasteiger partial charge in [-0.2, -0.15) is 0 Å². The Labute approximate surface area is 94.7 Å². The van der Waals surface area contributed by atoms with Crippen LogP contribution in [0.15, 0.2) is 24.3 Å². The van der Waals surface area contributed by atoms with Crippen LogP contribution in [0.3, 0.4) is 0 Å². The monoisotopic (exact) mass is 223 g/mol. The molecule has 4 N–H and O–H groups in total. The van der Waals surface area contributed by atoms with Gasteiger partial charge in [-0.3, -0.25) is 4.79 Å². The number of aliphatic hydroxyl groups is 1. The Balaban J connectivity index is 2.91. The average molecular weight is 223 g/mol. The third-order valence-corrected chi connectivity index (χ3v) is 2.21. The highest BCUT2D eigenvalue weighted by Crippen LogP contribution is 2.17. The van der Waals surface area contributed by atoms with Gasteiger partial charge in [-0.25, -0.2) is 0 Å². The number of carboxylic acid groups (broad SMARTS) is 1. The first kappa shape index (κ1) is 12.7. The molecule has 0 bridgehead atoms. The number of carboxylic acids is 1. The molecule has 0 heterocycles. The molecular weight excluding hydrogens is 206 g/mol. The molecule has 4 nitrogen and oxygen atoms in total. The minimum absolute atomic E-state index is 0.465. The van der Waals surface area contributed by atoms with Crippen molar-refractivity contribution in [1.29, 1.82) is 0 Å². The summed E-state index contributed by atoms with van der Waals surface area (Å²) in [5, 5.41) is 18.4. The van der Waals surface area contributed by atoms with Gasteiger partial charge in [0.2, 0.25) is 0 Å². The molecule has 0 aliphatic heterocycles. The SMILES string of the molecule is CC(C)(O)Cc1cccc(C(N)C(=O)O)c1.